The quantitative estimate of drug-likeness (QED) is 0.305. The van der Waals surface area contributed by atoms with Gasteiger partial charge in [0.25, 0.3) is 0 Å². The van der Waals surface area contributed by atoms with Crippen LogP contribution in [-0.2, 0) is 11.4 Å². The van der Waals surface area contributed by atoms with E-state index in [0.717, 1.165) is 5.56 Å². The lowest BCUT2D eigenvalue weighted by atomic mass is 10.2. The van der Waals surface area contributed by atoms with Crippen molar-refractivity contribution in [2.45, 2.75) is 6.61 Å². The maximum absolute atomic E-state index is 10.4. The summed E-state index contributed by atoms with van der Waals surface area (Å²) < 4.78 is 0. The predicted octanol–water partition coefficient (Wildman–Crippen LogP) is -3.08. The standard InChI is InChI=1S/C7H12N4O4/c8-10(12)14-5-6-1-3-7(4-2-6)15-11(9)13/h1-4,10-11H,5,8-9H2. The summed E-state index contributed by atoms with van der Waals surface area (Å²) in [6, 6.07) is 6.32. The fraction of sp³-hybridized carbons (Fsp3) is 0.143. The van der Waals surface area contributed by atoms with Crippen molar-refractivity contribution in [2.24, 2.45) is 11.7 Å². The lowest BCUT2D eigenvalue weighted by Gasteiger charge is -2.14. The average molecular weight is 216 g/mol. The topological polar surface area (TPSA) is 126 Å². The van der Waals surface area contributed by atoms with Crippen LogP contribution in [0.3, 0.4) is 0 Å². The first-order valence-corrected chi connectivity index (χ1v) is 4.06. The van der Waals surface area contributed by atoms with Crippen LogP contribution in [0.1, 0.15) is 5.56 Å². The zero-order chi connectivity index (χ0) is 11.3. The van der Waals surface area contributed by atoms with E-state index in [9.17, 15) is 10.4 Å². The fourth-order valence-corrected chi connectivity index (χ4v) is 0.924. The number of nitrogens with two attached hydrogens (primary N) is 2. The smallest absolute Gasteiger partial charge is 0.193 e. The Labute approximate surface area is 85.6 Å². The van der Waals surface area contributed by atoms with Crippen LogP contribution in [0.15, 0.2) is 24.3 Å². The van der Waals surface area contributed by atoms with Crippen molar-refractivity contribution < 1.29 is 20.3 Å². The second-order valence-corrected chi connectivity index (χ2v) is 2.67. The second-order valence-electron chi connectivity index (χ2n) is 2.67. The van der Waals surface area contributed by atoms with Crippen molar-refractivity contribution in [1.29, 1.82) is 0 Å². The van der Waals surface area contributed by atoms with Gasteiger partial charge in [0.15, 0.2) is 5.75 Å². The van der Waals surface area contributed by atoms with Gasteiger partial charge >= 0.3 is 0 Å². The largest absolute Gasteiger partial charge is 0.580 e. The monoisotopic (exact) mass is 216 g/mol. The minimum absolute atomic E-state index is 0.0756. The molecule has 0 aliphatic rings. The fourth-order valence-electron chi connectivity index (χ4n) is 0.924. The highest BCUT2D eigenvalue weighted by atomic mass is 16.9. The summed E-state index contributed by atoms with van der Waals surface area (Å²) in [5.41, 5.74) is 0.727. The first-order chi connectivity index (χ1) is 7.08. The molecule has 0 saturated carbocycles. The Kier molecular flexibility index (Phi) is 4.39. The van der Waals surface area contributed by atoms with E-state index in [0.29, 0.717) is 5.75 Å². The number of hydrogen-bond acceptors (Lipinski definition) is 6. The molecule has 0 spiro atoms. The molecule has 8 nitrogen and oxygen atoms in total. The summed E-state index contributed by atoms with van der Waals surface area (Å²) in [5, 5.41) is 19.0. The third-order valence-corrected chi connectivity index (χ3v) is 1.52. The number of hydrogen-bond donors (Lipinski definition) is 4. The number of benzene rings is 1. The van der Waals surface area contributed by atoms with Crippen molar-refractivity contribution in [3.63, 3.8) is 0 Å². The summed E-state index contributed by atoms with van der Waals surface area (Å²) in [5.74, 6) is 9.93. The Balaban J connectivity index is 2.49. The molecule has 0 bridgehead atoms. The van der Waals surface area contributed by atoms with Gasteiger partial charge in [0.1, 0.15) is 6.61 Å². The van der Waals surface area contributed by atoms with E-state index in [1.807, 2.05) is 0 Å². The van der Waals surface area contributed by atoms with Crippen LogP contribution in [0.5, 0.6) is 5.75 Å². The van der Waals surface area contributed by atoms with E-state index in [4.69, 9.17) is 11.7 Å². The van der Waals surface area contributed by atoms with Crippen LogP contribution in [0.4, 0.5) is 0 Å². The molecular formula is C7H12N4O4. The van der Waals surface area contributed by atoms with Gasteiger partial charge in [-0.2, -0.15) is 4.84 Å². The van der Waals surface area contributed by atoms with Gasteiger partial charge in [0.2, 0.25) is 0 Å². The van der Waals surface area contributed by atoms with Crippen molar-refractivity contribution in [2.75, 3.05) is 0 Å². The zero-order valence-electron chi connectivity index (χ0n) is 7.80. The maximum atomic E-state index is 10.4. The molecule has 0 saturated heterocycles. The molecule has 8 heteroatoms. The third kappa shape index (κ3) is 4.67. The average Bonchev–Trinajstić information content (AvgIpc) is 2.16. The van der Waals surface area contributed by atoms with Gasteiger partial charge in [-0.3, -0.25) is 4.84 Å². The molecule has 1 aromatic carbocycles. The molecule has 0 aliphatic carbocycles. The number of quaternary nitrogens is 2. The van der Waals surface area contributed by atoms with Gasteiger partial charge in [-0.1, -0.05) is 12.1 Å². The maximum Gasteiger partial charge on any atom is 0.193 e. The molecule has 1 rings (SSSR count). The van der Waals surface area contributed by atoms with Gasteiger partial charge < -0.3 is 10.4 Å². The Hall–Kier alpha value is -1.26. The Bertz CT molecular complexity index is 290. The molecule has 6 N–H and O–H groups in total. The molecule has 0 aliphatic heterocycles. The first kappa shape index (κ1) is 11.8. The van der Waals surface area contributed by atoms with Crippen LogP contribution >= 0.6 is 0 Å². The predicted molar refractivity (Wildman–Crippen MR) is 48.9 cm³/mol. The minimum Gasteiger partial charge on any atom is -0.580 e. The van der Waals surface area contributed by atoms with E-state index in [1.165, 1.54) is 12.1 Å². The highest BCUT2D eigenvalue weighted by molar-refractivity contribution is 5.26. The molecule has 15 heavy (non-hydrogen) atoms. The van der Waals surface area contributed by atoms with Crippen molar-refractivity contribution in [1.82, 2.24) is 0 Å². The summed E-state index contributed by atoms with van der Waals surface area (Å²) >= 11 is 0. The van der Waals surface area contributed by atoms with Gasteiger partial charge in [0.05, 0.1) is 0 Å². The Morgan fingerprint density at radius 3 is 2.13 bits per heavy atom. The van der Waals surface area contributed by atoms with Crippen LogP contribution in [-0.4, -0.2) is 0 Å². The van der Waals surface area contributed by atoms with E-state index in [2.05, 4.69) is 9.68 Å². The molecule has 0 radical (unpaired) electrons. The van der Waals surface area contributed by atoms with E-state index in [-0.39, 0.29) is 6.61 Å². The van der Waals surface area contributed by atoms with Crippen LogP contribution in [0, 0.1) is 10.4 Å². The van der Waals surface area contributed by atoms with Gasteiger partial charge in [0, 0.05) is 0 Å². The van der Waals surface area contributed by atoms with Crippen LogP contribution in [0.2, 0.25) is 0 Å². The lowest BCUT2D eigenvalue weighted by Crippen LogP contribution is -3.15. The highest BCUT2D eigenvalue weighted by Crippen LogP contribution is 2.10. The summed E-state index contributed by atoms with van der Waals surface area (Å²) in [7, 11) is 0. The highest BCUT2D eigenvalue weighted by Gasteiger charge is 1.99. The Morgan fingerprint density at radius 1 is 1.07 bits per heavy atom. The molecule has 0 fully saturated rings. The second kappa shape index (κ2) is 5.58. The summed E-state index contributed by atoms with van der Waals surface area (Å²) in [6.45, 7) is 0.0756. The molecular weight excluding hydrogens is 204 g/mol. The molecule has 1 aromatic rings. The van der Waals surface area contributed by atoms with Crippen molar-refractivity contribution in [3.8, 4) is 5.75 Å². The van der Waals surface area contributed by atoms with E-state index >= 15 is 0 Å². The number of rotatable bonds is 5. The third-order valence-electron chi connectivity index (χ3n) is 1.52. The minimum atomic E-state index is -0.879. The molecule has 84 valence electrons. The molecule has 2 atom stereocenters. The molecule has 2 unspecified atom stereocenters. The van der Waals surface area contributed by atoms with Crippen LogP contribution in [0.25, 0.3) is 0 Å². The molecule has 0 aromatic heterocycles. The first-order valence-electron chi connectivity index (χ1n) is 4.06. The van der Waals surface area contributed by atoms with Crippen molar-refractivity contribution in [3.05, 3.63) is 40.2 Å². The van der Waals surface area contributed by atoms with Crippen molar-refractivity contribution >= 4 is 0 Å². The lowest BCUT2D eigenvalue weighted by molar-refractivity contribution is -1.07. The van der Waals surface area contributed by atoms with Gasteiger partial charge in [-0.15, -0.1) is 22.4 Å². The zero-order valence-corrected chi connectivity index (χ0v) is 7.80. The van der Waals surface area contributed by atoms with E-state index in [1.54, 1.807) is 12.1 Å². The summed E-state index contributed by atoms with van der Waals surface area (Å²) in [4.78, 5) is 9.16. The van der Waals surface area contributed by atoms with Gasteiger partial charge in [-0.05, 0) is 17.7 Å². The SMILES string of the molecule is N[NH+]([O-])OCc1ccc(O[NH+](N)[O-])cc1. The molecule has 0 heterocycles. The van der Waals surface area contributed by atoms with Crippen LogP contribution < -0.4 is 27.2 Å². The molecule has 0 amide bonds. The normalized spacial score (nSPS) is 14.7. The van der Waals surface area contributed by atoms with E-state index < -0.39 is 10.7 Å². The Morgan fingerprint density at radius 2 is 1.67 bits per heavy atom. The van der Waals surface area contributed by atoms with Gasteiger partial charge in [-0.25, -0.2) is 0 Å². The summed E-state index contributed by atoms with van der Waals surface area (Å²) in [6.07, 6.45) is 0. The number of nitrogens with one attached hydrogen (secondary N) is 2.